The summed E-state index contributed by atoms with van der Waals surface area (Å²) in [5.41, 5.74) is 5.56. The average molecular weight is 511 g/mol. The third-order valence-corrected chi connectivity index (χ3v) is 6.11. The number of furan rings is 1. The zero-order valence-electron chi connectivity index (χ0n) is 21.0. The zero-order chi connectivity index (χ0) is 26.6. The molecule has 7 nitrogen and oxygen atoms in total. The molecule has 0 bridgehead atoms. The van der Waals surface area contributed by atoms with E-state index in [1.54, 1.807) is 18.2 Å². The minimum atomic E-state index is -0.425. The van der Waals surface area contributed by atoms with Crippen molar-refractivity contribution in [1.82, 2.24) is 10.2 Å². The molecule has 0 spiro atoms. The highest BCUT2D eigenvalue weighted by Crippen LogP contribution is 2.38. The molecule has 1 aliphatic rings. The molecule has 2 amide bonds. The van der Waals surface area contributed by atoms with Gasteiger partial charge in [0.15, 0.2) is 5.76 Å². The fourth-order valence-electron chi connectivity index (χ4n) is 4.39. The van der Waals surface area contributed by atoms with Crippen molar-refractivity contribution in [3.63, 3.8) is 0 Å². The summed E-state index contributed by atoms with van der Waals surface area (Å²) in [5.74, 6) is -0.838. The largest absolute Gasteiger partial charge is 0.459 e. The van der Waals surface area contributed by atoms with Gasteiger partial charge in [-0.15, -0.1) is 0 Å². The van der Waals surface area contributed by atoms with E-state index in [4.69, 9.17) is 4.42 Å². The molecule has 0 fully saturated rings. The van der Waals surface area contributed by atoms with Crippen LogP contribution in [0.4, 0.5) is 15.8 Å². The molecule has 0 saturated heterocycles. The van der Waals surface area contributed by atoms with E-state index in [0.717, 1.165) is 28.9 Å². The molecular weight excluding hydrogens is 483 g/mol. The van der Waals surface area contributed by atoms with Gasteiger partial charge in [0.05, 0.1) is 23.2 Å². The van der Waals surface area contributed by atoms with Crippen LogP contribution in [0.2, 0.25) is 0 Å². The molecule has 3 aromatic carbocycles. The zero-order valence-corrected chi connectivity index (χ0v) is 21.0. The Morgan fingerprint density at radius 1 is 0.974 bits per heavy atom. The number of halogens is 1. The first-order valence-electron chi connectivity index (χ1n) is 12.1. The molecule has 192 valence electrons. The molecule has 5 rings (SSSR count). The topological polar surface area (TPSA) is 86.6 Å². The van der Waals surface area contributed by atoms with Gasteiger partial charge in [-0.3, -0.25) is 9.59 Å². The van der Waals surface area contributed by atoms with Gasteiger partial charge in [0.1, 0.15) is 5.82 Å². The van der Waals surface area contributed by atoms with E-state index in [2.05, 4.69) is 20.9 Å². The van der Waals surface area contributed by atoms with Crippen LogP contribution in [0.15, 0.2) is 89.5 Å². The molecule has 0 unspecified atom stereocenters. The highest BCUT2D eigenvalue weighted by atomic mass is 19.1. The minimum absolute atomic E-state index is 0.231. The lowest BCUT2D eigenvalue weighted by molar-refractivity contribution is -0.110. The molecule has 1 aromatic heterocycles. The number of nitrogens with zero attached hydrogens (tertiary/aromatic N) is 1. The normalized spacial score (nSPS) is 13.7. The number of fused-ring (bicyclic) bond motifs is 1. The highest BCUT2D eigenvalue weighted by molar-refractivity contribution is 6.37. The average Bonchev–Trinajstić information content (AvgIpc) is 3.54. The number of carbonyl (C=O) groups is 2. The van der Waals surface area contributed by atoms with Gasteiger partial charge in [0, 0.05) is 24.3 Å². The Balaban J connectivity index is 1.51. The first-order chi connectivity index (χ1) is 18.4. The van der Waals surface area contributed by atoms with Crippen molar-refractivity contribution in [2.45, 2.75) is 13.1 Å². The minimum Gasteiger partial charge on any atom is -0.459 e. The molecule has 0 radical (unpaired) electrons. The van der Waals surface area contributed by atoms with E-state index in [1.165, 1.54) is 18.4 Å². The molecule has 0 saturated carbocycles. The van der Waals surface area contributed by atoms with E-state index in [0.29, 0.717) is 22.5 Å². The Morgan fingerprint density at radius 3 is 2.53 bits per heavy atom. The maximum atomic E-state index is 13.9. The van der Waals surface area contributed by atoms with Crippen LogP contribution in [-0.2, 0) is 17.9 Å². The van der Waals surface area contributed by atoms with Gasteiger partial charge in [0.25, 0.3) is 11.8 Å². The van der Waals surface area contributed by atoms with E-state index < -0.39 is 5.82 Å². The predicted octanol–water partition coefficient (Wildman–Crippen LogP) is 5.34. The van der Waals surface area contributed by atoms with Crippen LogP contribution >= 0.6 is 0 Å². The summed E-state index contributed by atoms with van der Waals surface area (Å²) >= 11 is 0. The predicted molar refractivity (Wildman–Crippen MR) is 146 cm³/mol. The van der Waals surface area contributed by atoms with Crippen LogP contribution in [0.5, 0.6) is 0 Å². The summed E-state index contributed by atoms with van der Waals surface area (Å²) in [6.07, 6.45) is 1.45. The van der Waals surface area contributed by atoms with E-state index in [-0.39, 0.29) is 24.1 Å². The van der Waals surface area contributed by atoms with Crippen LogP contribution < -0.4 is 16.0 Å². The molecule has 0 atom stereocenters. The van der Waals surface area contributed by atoms with Gasteiger partial charge in [-0.1, -0.05) is 30.3 Å². The van der Waals surface area contributed by atoms with Crippen LogP contribution in [0.3, 0.4) is 0 Å². The first kappa shape index (κ1) is 25.0. The summed E-state index contributed by atoms with van der Waals surface area (Å²) in [5, 5.41) is 9.05. The van der Waals surface area contributed by atoms with Crippen LogP contribution in [0.25, 0.3) is 11.3 Å². The fourth-order valence-corrected chi connectivity index (χ4v) is 4.39. The van der Waals surface area contributed by atoms with Gasteiger partial charge in [-0.2, -0.15) is 0 Å². The van der Waals surface area contributed by atoms with Crippen LogP contribution in [0.1, 0.15) is 32.8 Å². The van der Waals surface area contributed by atoms with Crippen molar-refractivity contribution in [1.29, 1.82) is 0 Å². The van der Waals surface area contributed by atoms with Crippen molar-refractivity contribution < 1.29 is 18.4 Å². The first-order valence-corrected chi connectivity index (χ1v) is 12.1. The Morgan fingerprint density at radius 2 is 1.79 bits per heavy atom. The Hall–Kier alpha value is -4.69. The van der Waals surface area contributed by atoms with E-state index >= 15 is 0 Å². The fraction of sp³-hybridized carbons (Fsp3) is 0.133. The molecule has 2 heterocycles. The molecule has 4 aromatic rings. The summed E-state index contributed by atoms with van der Waals surface area (Å²) < 4.78 is 19.1. The van der Waals surface area contributed by atoms with Gasteiger partial charge < -0.3 is 25.3 Å². The van der Waals surface area contributed by atoms with Gasteiger partial charge in [-0.25, -0.2) is 4.39 Å². The lowest BCUT2D eigenvalue weighted by atomic mass is 9.98. The molecular formula is C30H27FN4O3. The number of hydrogen-bond donors (Lipinski definition) is 3. The van der Waals surface area contributed by atoms with Crippen molar-refractivity contribution in [2.75, 3.05) is 24.7 Å². The third kappa shape index (κ3) is 5.50. The van der Waals surface area contributed by atoms with Gasteiger partial charge >= 0.3 is 0 Å². The smallest absolute Gasteiger partial charge is 0.287 e. The number of nitrogens with one attached hydrogen (secondary N) is 3. The van der Waals surface area contributed by atoms with Crippen molar-refractivity contribution in [2.24, 2.45) is 0 Å². The molecule has 1 aliphatic heterocycles. The monoisotopic (exact) mass is 510 g/mol. The number of benzene rings is 3. The van der Waals surface area contributed by atoms with Crippen molar-refractivity contribution in [3.05, 3.63) is 119 Å². The highest BCUT2D eigenvalue weighted by Gasteiger charge is 2.29. The Bertz CT molecular complexity index is 1510. The summed E-state index contributed by atoms with van der Waals surface area (Å²) in [6, 6.07) is 23.1. The van der Waals surface area contributed by atoms with Crippen LogP contribution in [0, 0.1) is 5.82 Å². The third-order valence-electron chi connectivity index (χ3n) is 6.11. The number of rotatable bonds is 8. The van der Waals surface area contributed by atoms with E-state index in [1.807, 2.05) is 62.6 Å². The van der Waals surface area contributed by atoms with Gasteiger partial charge in [0.2, 0.25) is 0 Å². The number of hydrogen-bond acceptors (Lipinski definition) is 5. The summed E-state index contributed by atoms with van der Waals surface area (Å²) in [4.78, 5) is 27.6. The lowest BCUT2D eigenvalue weighted by Gasteiger charge is -2.17. The lowest BCUT2D eigenvalue weighted by Crippen LogP contribution is -2.22. The SMILES string of the molecule is CN(C)Cc1ccc(N/C(=C2\C(=O)Nc3cc(F)ccc32)c2cccc(CNC(=O)c3ccco3)c2)cc1. The Labute approximate surface area is 220 Å². The van der Waals surface area contributed by atoms with Gasteiger partial charge in [-0.05, 0) is 79.3 Å². The Kier molecular flexibility index (Phi) is 7.06. The summed E-state index contributed by atoms with van der Waals surface area (Å²) in [6.45, 7) is 1.07. The maximum absolute atomic E-state index is 13.9. The molecule has 3 N–H and O–H groups in total. The molecule has 38 heavy (non-hydrogen) atoms. The quantitative estimate of drug-likeness (QED) is 0.279. The standard InChI is InChI=1S/C30H27FN4O3/c1-35(2)18-19-8-11-23(12-9-19)33-28(27-24-13-10-22(31)16-25(24)34-30(27)37)21-6-3-5-20(15-21)17-32-29(36)26-7-4-14-38-26/h3-16,33H,17-18H2,1-2H3,(H,32,36)(H,34,37)/b28-27-. The molecule has 0 aliphatic carbocycles. The number of carbonyl (C=O) groups excluding carboxylic acids is 2. The van der Waals surface area contributed by atoms with Crippen molar-refractivity contribution in [3.8, 4) is 0 Å². The second kappa shape index (κ2) is 10.7. The van der Waals surface area contributed by atoms with Crippen molar-refractivity contribution >= 4 is 34.5 Å². The molecule has 8 heteroatoms. The number of anilines is 2. The van der Waals surface area contributed by atoms with Crippen LogP contribution in [-0.4, -0.2) is 30.8 Å². The second-order valence-electron chi connectivity index (χ2n) is 9.31. The summed E-state index contributed by atoms with van der Waals surface area (Å²) in [7, 11) is 4.02. The second-order valence-corrected chi connectivity index (χ2v) is 9.31. The maximum Gasteiger partial charge on any atom is 0.287 e. The number of amides is 2. The van der Waals surface area contributed by atoms with E-state index in [9.17, 15) is 14.0 Å².